The maximum atomic E-state index is 12.9. The van der Waals surface area contributed by atoms with Gasteiger partial charge in [0.25, 0.3) is 0 Å². The van der Waals surface area contributed by atoms with Gasteiger partial charge in [0.15, 0.2) is 0 Å². The second-order valence-corrected chi connectivity index (χ2v) is 5.50. The summed E-state index contributed by atoms with van der Waals surface area (Å²) < 4.78 is 44.0. The van der Waals surface area contributed by atoms with E-state index in [1.807, 2.05) is 0 Å². The molecule has 0 spiro atoms. The fourth-order valence-corrected chi connectivity index (χ4v) is 1.85. The highest BCUT2D eigenvalue weighted by Crippen LogP contribution is 2.35. The van der Waals surface area contributed by atoms with Gasteiger partial charge in [0.2, 0.25) is 0 Å². The predicted molar refractivity (Wildman–Crippen MR) is 74.9 cm³/mol. The molecule has 1 atom stereocenters. The maximum Gasteiger partial charge on any atom is 0.416 e. The highest BCUT2D eigenvalue weighted by atomic mass is 35.5. The average Bonchev–Trinajstić information content (AvgIpc) is 3.25. The molecule has 0 radical (unpaired) electrons. The first-order valence-corrected chi connectivity index (χ1v) is 7.25. The van der Waals surface area contributed by atoms with Gasteiger partial charge in [-0.15, -0.1) is 11.6 Å². The molecule has 0 amide bonds. The lowest BCUT2D eigenvalue weighted by Gasteiger charge is -2.15. The average molecular weight is 324 g/mol. The standard InChI is InChI=1S/C14H17ClF3NO2/c15-6-12(20)7-19-11-3-10(14(16,17)18)4-13(5-11)21-8-9-1-2-9/h3-5,9,12,19-20H,1-2,6-8H2. The topological polar surface area (TPSA) is 41.5 Å². The molecule has 1 aromatic carbocycles. The Morgan fingerprint density at radius 2 is 2.05 bits per heavy atom. The number of hydrogen-bond acceptors (Lipinski definition) is 3. The van der Waals surface area contributed by atoms with E-state index in [0.29, 0.717) is 12.5 Å². The van der Waals surface area contributed by atoms with Crippen molar-refractivity contribution in [2.75, 3.05) is 24.3 Å². The normalized spacial score (nSPS) is 16.6. The van der Waals surface area contributed by atoms with Crippen LogP contribution in [-0.4, -0.2) is 30.2 Å². The van der Waals surface area contributed by atoms with Gasteiger partial charge in [-0.1, -0.05) is 0 Å². The van der Waals surface area contributed by atoms with Gasteiger partial charge in [0.1, 0.15) is 5.75 Å². The molecular weight excluding hydrogens is 307 g/mol. The summed E-state index contributed by atoms with van der Waals surface area (Å²) in [6.07, 6.45) is -3.14. The molecule has 118 valence electrons. The zero-order chi connectivity index (χ0) is 15.5. The summed E-state index contributed by atoms with van der Waals surface area (Å²) in [5.41, 5.74) is -0.529. The second kappa shape index (κ2) is 6.75. The SMILES string of the molecule is OC(CCl)CNc1cc(OCC2CC2)cc(C(F)(F)F)c1. The van der Waals surface area contributed by atoms with Gasteiger partial charge < -0.3 is 15.2 Å². The van der Waals surface area contributed by atoms with E-state index in [1.54, 1.807) is 0 Å². The number of halogens is 4. The number of ether oxygens (including phenoxy) is 1. The molecule has 1 aliphatic carbocycles. The van der Waals surface area contributed by atoms with Crippen LogP contribution in [0, 0.1) is 5.92 Å². The summed E-state index contributed by atoms with van der Waals surface area (Å²) in [6.45, 7) is 0.512. The summed E-state index contributed by atoms with van der Waals surface area (Å²) in [6, 6.07) is 3.48. The van der Waals surface area contributed by atoms with Crippen molar-refractivity contribution in [1.82, 2.24) is 0 Å². The van der Waals surface area contributed by atoms with Crippen molar-refractivity contribution in [1.29, 1.82) is 0 Å². The minimum Gasteiger partial charge on any atom is -0.493 e. The van der Waals surface area contributed by atoms with E-state index < -0.39 is 17.8 Å². The Bertz CT molecular complexity index is 478. The third-order valence-electron chi connectivity index (χ3n) is 3.14. The van der Waals surface area contributed by atoms with Crippen LogP contribution in [-0.2, 0) is 6.18 Å². The van der Waals surface area contributed by atoms with E-state index in [1.165, 1.54) is 6.07 Å². The molecule has 1 aliphatic rings. The van der Waals surface area contributed by atoms with Gasteiger partial charge in [0, 0.05) is 18.3 Å². The van der Waals surface area contributed by atoms with E-state index in [9.17, 15) is 18.3 Å². The fraction of sp³-hybridized carbons (Fsp3) is 0.571. The Morgan fingerprint density at radius 3 is 2.62 bits per heavy atom. The number of hydrogen-bond donors (Lipinski definition) is 2. The molecule has 0 bridgehead atoms. The lowest BCUT2D eigenvalue weighted by Crippen LogP contribution is -2.21. The van der Waals surface area contributed by atoms with Crippen LogP contribution in [0.2, 0.25) is 0 Å². The number of aliphatic hydroxyl groups is 1. The molecule has 0 heterocycles. The van der Waals surface area contributed by atoms with Gasteiger partial charge in [-0.05, 0) is 30.9 Å². The third kappa shape index (κ3) is 5.28. The van der Waals surface area contributed by atoms with Crippen LogP contribution in [0.4, 0.5) is 18.9 Å². The molecule has 2 N–H and O–H groups in total. The first-order valence-electron chi connectivity index (χ1n) is 6.71. The van der Waals surface area contributed by atoms with Gasteiger partial charge in [0.05, 0.1) is 24.2 Å². The summed E-state index contributed by atoms with van der Waals surface area (Å²) in [4.78, 5) is 0. The lowest BCUT2D eigenvalue weighted by molar-refractivity contribution is -0.137. The summed E-state index contributed by atoms with van der Waals surface area (Å²) in [5.74, 6) is 0.644. The Morgan fingerprint density at radius 1 is 1.33 bits per heavy atom. The van der Waals surface area contributed by atoms with Crippen molar-refractivity contribution >= 4 is 17.3 Å². The molecule has 1 fully saturated rings. The van der Waals surface area contributed by atoms with Crippen molar-refractivity contribution < 1.29 is 23.0 Å². The number of alkyl halides is 4. The van der Waals surface area contributed by atoms with Crippen LogP contribution in [0.3, 0.4) is 0 Å². The zero-order valence-corrected chi connectivity index (χ0v) is 12.0. The number of aliphatic hydroxyl groups excluding tert-OH is 1. The van der Waals surface area contributed by atoms with E-state index in [-0.39, 0.29) is 23.9 Å². The summed E-state index contributed by atoms with van der Waals surface area (Å²) >= 11 is 5.45. The molecule has 0 saturated heterocycles. The molecule has 2 rings (SSSR count). The predicted octanol–water partition coefficient (Wildman–Crippen LogP) is 3.51. The van der Waals surface area contributed by atoms with E-state index in [4.69, 9.17) is 16.3 Å². The highest BCUT2D eigenvalue weighted by molar-refractivity contribution is 6.18. The minimum atomic E-state index is -4.44. The fourth-order valence-electron chi connectivity index (χ4n) is 1.74. The molecule has 21 heavy (non-hydrogen) atoms. The van der Waals surface area contributed by atoms with Crippen molar-refractivity contribution in [3.05, 3.63) is 23.8 Å². The largest absolute Gasteiger partial charge is 0.493 e. The molecule has 7 heteroatoms. The van der Waals surface area contributed by atoms with E-state index in [2.05, 4.69) is 5.32 Å². The summed E-state index contributed by atoms with van der Waals surface area (Å²) in [7, 11) is 0. The number of rotatable bonds is 7. The van der Waals surface area contributed by atoms with Gasteiger partial charge in [-0.3, -0.25) is 0 Å². The van der Waals surface area contributed by atoms with Crippen molar-refractivity contribution in [2.24, 2.45) is 5.92 Å². The van der Waals surface area contributed by atoms with Crippen molar-refractivity contribution in [3.8, 4) is 5.75 Å². The van der Waals surface area contributed by atoms with Gasteiger partial charge in [-0.2, -0.15) is 13.2 Å². The molecule has 0 aromatic heterocycles. The Balaban J connectivity index is 2.10. The van der Waals surface area contributed by atoms with Gasteiger partial charge in [-0.25, -0.2) is 0 Å². The number of anilines is 1. The van der Waals surface area contributed by atoms with Crippen LogP contribution < -0.4 is 10.1 Å². The van der Waals surface area contributed by atoms with E-state index in [0.717, 1.165) is 25.0 Å². The maximum absolute atomic E-state index is 12.9. The van der Waals surface area contributed by atoms with Gasteiger partial charge >= 0.3 is 6.18 Å². The van der Waals surface area contributed by atoms with Crippen molar-refractivity contribution in [3.63, 3.8) is 0 Å². The minimum absolute atomic E-state index is 0.0109. The number of benzene rings is 1. The first kappa shape index (κ1) is 16.2. The Kier molecular flexibility index (Phi) is 5.22. The molecule has 1 aromatic rings. The molecule has 1 unspecified atom stereocenters. The number of nitrogens with one attached hydrogen (secondary N) is 1. The molecule has 0 aliphatic heterocycles. The first-order chi connectivity index (χ1) is 9.88. The van der Waals surface area contributed by atoms with Crippen LogP contribution in [0.25, 0.3) is 0 Å². The highest BCUT2D eigenvalue weighted by Gasteiger charge is 2.32. The zero-order valence-electron chi connectivity index (χ0n) is 11.3. The Hall–Kier alpha value is -1.14. The summed E-state index contributed by atoms with van der Waals surface area (Å²) in [5, 5.41) is 12.1. The van der Waals surface area contributed by atoms with E-state index >= 15 is 0 Å². The second-order valence-electron chi connectivity index (χ2n) is 5.19. The molecule has 3 nitrogen and oxygen atoms in total. The van der Waals surface area contributed by atoms with Crippen molar-refractivity contribution in [2.45, 2.75) is 25.1 Å². The third-order valence-corrected chi connectivity index (χ3v) is 3.49. The van der Waals surface area contributed by atoms with Crippen LogP contribution in [0.1, 0.15) is 18.4 Å². The van der Waals surface area contributed by atoms with Crippen LogP contribution >= 0.6 is 11.6 Å². The van der Waals surface area contributed by atoms with Crippen LogP contribution in [0.15, 0.2) is 18.2 Å². The quantitative estimate of drug-likeness (QED) is 0.755. The smallest absolute Gasteiger partial charge is 0.416 e. The Labute approximate surface area is 126 Å². The lowest BCUT2D eigenvalue weighted by atomic mass is 10.1. The van der Waals surface area contributed by atoms with Crippen LogP contribution in [0.5, 0.6) is 5.75 Å². The molecular formula is C14H17ClF3NO2. The monoisotopic (exact) mass is 323 g/mol. The molecule has 1 saturated carbocycles.